The molecule has 1 saturated heterocycles. The van der Waals surface area contributed by atoms with Gasteiger partial charge in [0.2, 0.25) is 5.91 Å². The molecule has 0 aliphatic carbocycles. The number of ether oxygens (including phenoxy) is 3. The van der Waals surface area contributed by atoms with Crippen LogP contribution in [0, 0.1) is 0 Å². The van der Waals surface area contributed by atoms with Crippen molar-refractivity contribution in [3.05, 3.63) is 53.6 Å². The van der Waals surface area contributed by atoms with E-state index in [4.69, 9.17) is 14.2 Å². The summed E-state index contributed by atoms with van der Waals surface area (Å²) < 4.78 is 16.6. The topological polar surface area (TPSA) is 80.3 Å². The van der Waals surface area contributed by atoms with Gasteiger partial charge in [0.1, 0.15) is 25.1 Å². The van der Waals surface area contributed by atoms with Gasteiger partial charge < -0.3 is 29.5 Å². The number of fused-ring (bicyclic) bond motifs is 1. The van der Waals surface area contributed by atoms with Crippen molar-refractivity contribution < 1.29 is 24.1 Å². The third-order valence-corrected chi connectivity index (χ3v) is 6.10. The monoisotopic (exact) mass is 440 g/mol. The highest BCUT2D eigenvalue weighted by molar-refractivity contribution is 5.76. The minimum atomic E-state index is -0.846. The van der Waals surface area contributed by atoms with Gasteiger partial charge in [-0.3, -0.25) is 4.79 Å². The summed E-state index contributed by atoms with van der Waals surface area (Å²) in [4.78, 5) is 15.1. The van der Waals surface area contributed by atoms with Crippen LogP contribution in [0.15, 0.2) is 42.5 Å². The van der Waals surface area contributed by atoms with Gasteiger partial charge in [-0.25, -0.2) is 0 Å². The molecule has 2 aliphatic rings. The van der Waals surface area contributed by atoms with Gasteiger partial charge in [0.25, 0.3) is 0 Å². The zero-order valence-corrected chi connectivity index (χ0v) is 18.6. The maximum absolute atomic E-state index is 12.8. The van der Waals surface area contributed by atoms with Crippen LogP contribution < -0.4 is 19.5 Å². The number of methoxy groups -OCH3 is 1. The van der Waals surface area contributed by atoms with E-state index in [2.05, 4.69) is 10.2 Å². The van der Waals surface area contributed by atoms with Gasteiger partial charge >= 0.3 is 0 Å². The molecule has 0 unspecified atom stereocenters. The summed E-state index contributed by atoms with van der Waals surface area (Å²) in [5.41, 5.74) is 1.71. The van der Waals surface area contributed by atoms with Gasteiger partial charge in [-0.05, 0) is 61.7 Å². The summed E-state index contributed by atoms with van der Waals surface area (Å²) in [6, 6.07) is 12.8. The number of aliphatic hydroxyl groups is 1. The lowest BCUT2D eigenvalue weighted by atomic mass is 10.00. The molecule has 0 bridgehead atoms. The third kappa shape index (κ3) is 5.53. The average molecular weight is 441 g/mol. The summed E-state index contributed by atoms with van der Waals surface area (Å²) in [7, 11) is 1.63. The van der Waals surface area contributed by atoms with Crippen LogP contribution in [0.3, 0.4) is 0 Å². The van der Waals surface area contributed by atoms with E-state index in [1.54, 1.807) is 7.11 Å². The minimum absolute atomic E-state index is 0.0864. The van der Waals surface area contributed by atoms with Crippen LogP contribution in [-0.4, -0.2) is 61.9 Å². The molecule has 7 heteroatoms. The molecule has 2 heterocycles. The Bertz CT molecular complexity index is 913. The zero-order chi connectivity index (χ0) is 22.3. The van der Waals surface area contributed by atoms with Crippen LogP contribution in [0.1, 0.15) is 36.5 Å². The highest BCUT2D eigenvalue weighted by Crippen LogP contribution is 2.33. The lowest BCUT2D eigenvalue weighted by Gasteiger charge is -2.29. The molecule has 32 heavy (non-hydrogen) atoms. The van der Waals surface area contributed by atoms with E-state index in [1.165, 1.54) is 0 Å². The molecular formula is C25H32N2O5. The molecule has 172 valence electrons. The Morgan fingerprint density at radius 2 is 1.88 bits per heavy atom. The number of nitrogens with one attached hydrogen (secondary N) is 1. The molecule has 2 aromatic rings. The van der Waals surface area contributed by atoms with Crippen LogP contribution in [0.2, 0.25) is 0 Å². The Labute approximate surface area is 189 Å². The molecule has 2 N–H and O–H groups in total. The fourth-order valence-electron chi connectivity index (χ4n) is 4.38. The number of aryl methyl sites for hydroxylation is 1. The molecule has 0 saturated carbocycles. The quantitative estimate of drug-likeness (QED) is 0.624. The smallest absolute Gasteiger partial charge is 0.220 e. The third-order valence-electron chi connectivity index (χ3n) is 6.10. The fraction of sp³-hybridized carbons (Fsp3) is 0.480. The maximum atomic E-state index is 12.8. The van der Waals surface area contributed by atoms with Crippen LogP contribution in [0.25, 0.3) is 0 Å². The Morgan fingerprint density at radius 3 is 2.66 bits per heavy atom. The average Bonchev–Trinajstić information content (AvgIpc) is 3.35. The normalized spacial score (nSPS) is 17.6. The first-order valence-electron chi connectivity index (χ1n) is 11.4. The van der Waals surface area contributed by atoms with Gasteiger partial charge in [0, 0.05) is 13.0 Å². The van der Waals surface area contributed by atoms with E-state index >= 15 is 0 Å². The number of amides is 1. The minimum Gasteiger partial charge on any atom is -0.496 e. The first kappa shape index (κ1) is 22.4. The van der Waals surface area contributed by atoms with Crippen LogP contribution in [0.4, 0.5) is 0 Å². The number of hydrogen-bond donors (Lipinski definition) is 2. The van der Waals surface area contributed by atoms with E-state index < -0.39 is 12.1 Å². The second-order valence-corrected chi connectivity index (χ2v) is 8.34. The van der Waals surface area contributed by atoms with Crippen molar-refractivity contribution in [2.75, 3.05) is 40.0 Å². The molecule has 1 fully saturated rings. The van der Waals surface area contributed by atoms with Crippen molar-refractivity contribution in [1.29, 1.82) is 0 Å². The summed E-state index contributed by atoms with van der Waals surface area (Å²) in [6.07, 6.45) is 2.35. The van der Waals surface area contributed by atoms with Gasteiger partial charge in [-0.15, -0.1) is 0 Å². The Hall–Kier alpha value is -2.77. The first-order valence-corrected chi connectivity index (χ1v) is 11.4. The van der Waals surface area contributed by atoms with E-state index in [0.29, 0.717) is 49.7 Å². The number of benzene rings is 2. The lowest BCUT2D eigenvalue weighted by molar-refractivity contribution is -0.122. The summed E-state index contributed by atoms with van der Waals surface area (Å²) >= 11 is 0. The molecule has 0 spiro atoms. The number of nitrogens with zero attached hydrogens (tertiary/aromatic N) is 1. The second kappa shape index (κ2) is 10.7. The van der Waals surface area contributed by atoms with Crippen molar-refractivity contribution in [2.45, 2.75) is 37.8 Å². The number of likely N-dealkylation sites (tertiary alicyclic amines) is 1. The van der Waals surface area contributed by atoms with E-state index in [9.17, 15) is 9.90 Å². The molecule has 4 rings (SSSR count). The summed E-state index contributed by atoms with van der Waals surface area (Å²) in [5, 5.41) is 14.3. The van der Waals surface area contributed by atoms with Gasteiger partial charge in [-0.2, -0.15) is 0 Å². The van der Waals surface area contributed by atoms with E-state index in [1.807, 2.05) is 42.5 Å². The zero-order valence-electron chi connectivity index (χ0n) is 18.6. The number of carbonyl (C=O) groups excluding carboxylic acids is 1. The summed E-state index contributed by atoms with van der Waals surface area (Å²) in [6.45, 7) is 3.59. The molecule has 7 nitrogen and oxygen atoms in total. The van der Waals surface area contributed by atoms with Crippen molar-refractivity contribution >= 4 is 5.91 Å². The largest absolute Gasteiger partial charge is 0.496 e. The first-order chi connectivity index (χ1) is 15.6. The van der Waals surface area contributed by atoms with Gasteiger partial charge in [-0.1, -0.05) is 24.3 Å². The molecule has 2 aromatic carbocycles. The standard InChI is InChI=1S/C25H32N2O5/c1-30-21-7-3-2-6-18(21)9-11-24(28)26-20(17-27-12-4-5-13-27)25(29)19-8-10-22-23(16-19)32-15-14-31-22/h2-3,6-8,10,16,20,25,29H,4-5,9,11-15,17H2,1H3,(H,26,28)/t20-,25-/m1/s1. The van der Waals surface area contributed by atoms with E-state index in [0.717, 1.165) is 37.2 Å². The van der Waals surface area contributed by atoms with Crippen molar-refractivity contribution in [3.63, 3.8) is 0 Å². The molecule has 2 aliphatic heterocycles. The predicted molar refractivity (Wildman–Crippen MR) is 121 cm³/mol. The maximum Gasteiger partial charge on any atom is 0.220 e. The molecular weight excluding hydrogens is 408 g/mol. The molecule has 0 radical (unpaired) electrons. The predicted octanol–water partition coefficient (Wildman–Crippen LogP) is 2.71. The van der Waals surface area contributed by atoms with Crippen LogP contribution in [0.5, 0.6) is 17.2 Å². The van der Waals surface area contributed by atoms with Crippen LogP contribution in [-0.2, 0) is 11.2 Å². The number of para-hydroxylation sites is 1. The van der Waals surface area contributed by atoms with E-state index in [-0.39, 0.29) is 5.91 Å². The number of hydrogen-bond acceptors (Lipinski definition) is 6. The fourth-order valence-corrected chi connectivity index (χ4v) is 4.38. The number of rotatable bonds is 9. The van der Waals surface area contributed by atoms with Crippen molar-refractivity contribution in [3.8, 4) is 17.2 Å². The Balaban J connectivity index is 1.44. The molecule has 1 amide bonds. The highest BCUT2D eigenvalue weighted by atomic mass is 16.6. The number of carbonyl (C=O) groups is 1. The van der Waals surface area contributed by atoms with Gasteiger partial charge in [0.15, 0.2) is 11.5 Å². The number of aliphatic hydroxyl groups excluding tert-OH is 1. The molecule has 0 aromatic heterocycles. The summed E-state index contributed by atoms with van der Waals surface area (Å²) in [5.74, 6) is 2.02. The van der Waals surface area contributed by atoms with Crippen molar-refractivity contribution in [1.82, 2.24) is 10.2 Å². The highest BCUT2D eigenvalue weighted by Gasteiger charge is 2.27. The Kier molecular flexibility index (Phi) is 7.50. The van der Waals surface area contributed by atoms with Crippen molar-refractivity contribution in [2.24, 2.45) is 0 Å². The second-order valence-electron chi connectivity index (χ2n) is 8.34. The Morgan fingerprint density at radius 1 is 1.12 bits per heavy atom. The SMILES string of the molecule is COc1ccccc1CCC(=O)N[C@H](CN1CCCC1)[C@H](O)c1ccc2c(c1)OCCO2. The van der Waals surface area contributed by atoms with Gasteiger partial charge in [0.05, 0.1) is 13.2 Å². The molecule has 2 atom stereocenters. The lowest BCUT2D eigenvalue weighted by Crippen LogP contribution is -2.46. The van der Waals surface area contributed by atoms with Crippen LogP contribution >= 0.6 is 0 Å².